The van der Waals surface area contributed by atoms with Crippen LogP contribution in [0.2, 0.25) is 0 Å². The molecule has 0 amide bonds. The highest BCUT2D eigenvalue weighted by Crippen LogP contribution is 2.18. The Hall–Kier alpha value is -1.63. The predicted octanol–water partition coefficient (Wildman–Crippen LogP) is 2.00. The molecule has 4 heterocycles. The highest BCUT2D eigenvalue weighted by atomic mass is 16.5. The van der Waals surface area contributed by atoms with Crippen molar-refractivity contribution in [3.05, 3.63) is 41.9 Å². The zero-order valence-electron chi connectivity index (χ0n) is 15.1. The third-order valence-electron chi connectivity index (χ3n) is 5.29. The van der Waals surface area contributed by atoms with Crippen LogP contribution in [0.4, 0.5) is 0 Å². The predicted molar refractivity (Wildman–Crippen MR) is 95.2 cm³/mol. The van der Waals surface area contributed by atoms with Crippen LogP contribution in [0.15, 0.2) is 29.0 Å². The van der Waals surface area contributed by atoms with Crippen molar-refractivity contribution >= 4 is 0 Å². The standard InChI is InChI=1S/C19H28N4O2/c1-21(14-18-3-2-9-25-18)13-17-11-20-19-4-6-22(7-8-23(17)19)12-16-5-10-24-15-16/h2-3,9,11,16H,4-8,10,12-15H2,1H3. The van der Waals surface area contributed by atoms with E-state index in [0.717, 1.165) is 58.1 Å². The Morgan fingerprint density at radius 3 is 3.04 bits per heavy atom. The Kier molecular flexibility index (Phi) is 5.20. The highest BCUT2D eigenvalue weighted by molar-refractivity contribution is 5.08. The smallest absolute Gasteiger partial charge is 0.117 e. The van der Waals surface area contributed by atoms with Gasteiger partial charge in [0.1, 0.15) is 11.6 Å². The number of hydrogen-bond donors (Lipinski definition) is 0. The van der Waals surface area contributed by atoms with Crippen molar-refractivity contribution in [1.82, 2.24) is 19.4 Å². The average molecular weight is 344 g/mol. The summed E-state index contributed by atoms with van der Waals surface area (Å²) < 4.78 is 13.4. The summed E-state index contributed by atoms with van der Waals surface area (Å²) >= 11 is 0. The monoisotopic (exact) mass is 344 g/mol. The van der Waals surface area contributed by atoms with Crippen molar-refractivity contribution in [1.29, 1.82) is 0 Å². The summed E-state index contributed by atoms with van der Waals surface area (Å²) in [5, 5.41) is 0. The number of rotatable bonds is 6. The molecule has 6 heteroatoms. The molecule has 1 unspecified atom stereocenters. The lowest BCUT2D eigenvalue weighted by Gasteiger charge is -2.23. The molecule has 0 N–H and O–H groups in total. The first-order valence-corrected chi connectivity index (χ1v) is 9.32. The van der Waals surface area contributed by atoms with Gasteiger partial charge in [-0.1, -0.05) is 0 Å². The minimum Gasteiger partial charge on any atom is -0.468 e. The minimum absolute atomic E-state index is 0.712. The molecule has 25 heavy (non-hydrogen) atoms. The van der Waals surface area contributed by atoms with Gasteiger partial charge in [0.05, 0.1) is 25.1 Å². The summed E-state index contributed by atoms with van der Waals surface area (Å²) in [6.07, 6.45) is 6.03. The molecular weight excluding hydrogens is 316 g/mol. The fourth-order valence-electron chi connectivity index (χ4n) is 3.94. The van der Waals surface area contributed by atoms with E-state index in [9.17, 15) is 0 Å². The Morgan fingerprint density at radius 1 is 1.28 bits per heavy atom. The van der Waals surface area contributed by atoms with E-state index in [-0.39, 0.29) is 0 Å². The van der Waals surface area contributed by atoms with Gasteiger partial charge < -0.3 is 18.6 Å². The molecule has 2 aromatic heterocycles. The Labute approximate surface area is 149 Å². The maximum Gasteiger partial charge on any atom is 0.117 e. The number of ether oxygens (including phenoxy) is 1. The average Bonchev–Trinajstić information content (AvgIpc) is 3.32. The lowest BCUT2D eigenvalue weighted by atomic mass is 10.1. The maximum atomic E-state index is 5.53. The van der Waals surface area contributed by atoms with Gasteiger partial charge >= 0.3 is 0 Å². The number of aromatic nitrogens is 2. The molecule has 2 aromatic rings. The van der Waals surface area contributed by atoms with Crippen LogP contribution in [0, 0.1) is 5.92 Å². The van der Waals surface area contributed by atoms with Crippen LogP contribution in [0.3, 0.4) is 0 Å². The summed E-state index contributed by atoms with van der Waals surface area (Å²) in [6, 6.07) is 3.97. The molecule has 0 aromatic carbocycles. The Balaban J connectivity index is 1.35. The molecule has 0 saturated carbocycles. The van der Waals surface area contributed by atoms with Gasteiger partial charge in [-0.3, -0.25) is 4.90 Å². The van der Waals surface area contributed by atoms with Crippen LogP contribution in [0.25, 0.3) is 0 Å². The summed E-state index contributed by atoms with van der Waals surface area (Å²) in [4.78, 5) is 9.56. The molecule has 1 fully saturated rings. The van der Waals surface area contributed by atoms with E-state index in [0.29, 0.717) is 5.92 Å². The first kappa shape index (κ1) is 16.8. The molecule has 0 bridgehead atoms. The molecular formula is C19H28N4O2. The first-order valence-electron chi connectivity index (χ1n) is 9.32. The van der Waals surface area contributed by atoms with Crippen LogP contribution >= 0.6 is 0 Å². The van der Waals surface area contributed by atoms with Gasteiger partial charge in [-0.15, -0.1) is 0 Å². The normalized spacial score (nSPS) is 21.6. The largest absolute Gasteiger partial charge is 0.468 e. The number of imidazole rings is 1. The van der Waals surface area contributed by atoms with Gasteiger partial charge in [-0.05, 0) is 31.5 Å². The van der Waals surface area contributed by atoms with E-state index >= 15 is 0 Å². The molecule has 136 valence electrons. The Bertz CT molecular complexity index is 661. The molecule has 1 saturated heterocycles. The SMILES string of the molecule is CN(Cc1ccco1)Cc1cnc2n1CCN(CC1CCOC1)CC2. The molecule has 2 aliphatic rings. The minimum atomic E-state index is 0.712. The second kappa shape index (κ2) is 7.72. The van der Waals surface area contributed by atoms with E-state index in [1.54, 1.807) is 6.26 Å². The van der Waals surface area contributed by atoms with Crippen LogP contribution in [-0.4, -0.2) is 59.2 Å². The van der Waals surface area contributed by atoms with Crippen LogP contribution < -0.4 is 0 Å². The van der Waals surface area contributed by atoms with Crippen molar-refractivity contribution in [2.24, 2.45) is 5.92 Å². The van der Waals surface area contributed by atoms with E-state index in [1.807, 2.05) is 12.1 Å². The third kappa shape index (κ3) is 4.14. The van der Waals surface area contributed by atoms with Crippen molar-refractivity contribution < 1.29 is 9.15 Å². The maximum absolute atomic E-state index is 5.53. The zero-order valence-corrected chi connectivity index (χ0v) is 15.1. The summed E-state index contributed by atoms with van der Waals surface area (Å²) in [7, 11) is 2.13. The zero-order chi connectivity index (χ0) is 17.1. The van der Waals surface area contributed by atoms with Gasteiger partial charge in [-0.25, -0.2) is 4.98 Å². The lowest BCUT2D eigenvalue weighted by molar-refractivity contribution is 0.167. The first-order chi connectivity index (χ1) is 12.3. The van der Waals surface area contributed by atoms with Crippen molar-refractivity contribution in [2.45, 2.75) is 32.5 Å². The van der Waals surface area contributed by atoms with E-state index in [1.165, 1.54) is 24.5 Å². The van der Waals surface area contributed by atoms with Gasteiger partial charge in [0.15, 0.2) is 0 Å². The molecule has 0 aliphatic carbocycles. The van der Waals surface area contributed by atoms with E-state index < -0.39 is 0 Å². The quantitative estimate of drug-likeness (QED) is 0.802. The van der Waals surface area contributed by atoms with E-state index in [2.05, 4.69) is 27.6 Å². The number of hydrogen-bond acceptors (Lipinski definition) is 5. The number of furan rings is 1. The molecule has 4 rings (SSSR count). The fourth-order valence-corrected chi connectivity index (χ4v) is 3.94. The van der Waals surface area contributed by atoms with E-state index in [4.69, 9.17) is 14.1 Å². The van der Waals surface area contributed by atoms with Crippen molar-refractivity contribution in [2.75, 3.05) is 39.9 Å². The van der Waals surface area contributed by atoms with Gasteiger partial charge in [0, 0.05) is 51.9 Å². The third-order valence-corrected chi connectivity index (χ3v) is 5.29. The molecule has 2 aliphatic heterocycles. The summed E-state index contributed by atoms with van der Waals surface area (Å²) in [5.74, 6) is 2.94. The molecule has 0 spiro atoms. The Morgan fingerprint density at radius 2 is 2.24 bits per heavy atom. The van der Waals surface area contributed by atoms with Crippen molar-refractivity contribution in [3.63, 3.8) is 0 Å². The number of fused-ring (bicyclic) bond motifs is 1. The van der Waals surface area contributed by atoms with Gasteiger partial charge in [-0.2, -0.15) is 0 Å². The van der Waals surface area contributed by atoms with Crippen LogP contribution in [-0.2, 0) is 30.8 Å². The fraction of sp³-hybridized carbons (Fsp3) is 0.632. The van der Waals surface area contributed by atoms with Crippen LogP contribution in [0.5, 0.6) is 0 Å². The van der Waals surface area contributed by atoms with Crippen LogP contribution in [0.1, 0.15) is 23.7 Å². The number of nitrogens with zero attached hydrogens (tertiary/aromatic N) is 4. The summed E-state index contributed by atoms with van der Waals surface area (Å²) in [5.41, 5.74) is 1.30. The molecule has 6 nitrogen and oxygen atoms in total. The van der Waals surface area contributed by atoms with Gasteiger partial charge in [0.2, 0.25) is 0 Å². The second-order valence-corrected chi connectivity index (χ2v) is 7.35. The van der Waals surface area contributed by atoms with Crippen molar-refractivity contribution in [3.8, 4) is 0 Å². The summed E-state index contributed by atoms with van der Waals surface area (Å²) in [6.45, 7) is 8.00. The topological polar surface area (TPSA) is 46.7 Å². The molecule has 1 atom stereocenters. The lowest BCUT2D eigenvalue weighted by Crippen LogP contribution is -2.32. The highest BCUT2D eigenvalue weighted by Gasteiger charge is 2.22. The van der Waals surface area contributed by atoms with Gasteiger partial charge in [0.25, 0.3) is 0 Å². The second-order valence-electron chi connectivity index (χ2n) is 7.35. The molecule has 0 radical (unpaired) electrons.